The number of aliphatic hydroxyl groups is 1. The van der Waals surface area contributed by atoms with E-state index in [0.717, 1.165) is 19.4 Å². The summed E-state index contributed by atoms with van der Waals surface area (Å²) in [7, 11) is 0. The minimum atomic E-state index is -0.490. The molecule has 1 aromatic carbocycles. The molecule has 2 rings (SSSR count). The molecule has 1 amide bonds. The molecule has 0 aromatic heterocycles. The highest BCUT2D eigenvalue weighted by Crippen LogP contribution is 2.18. The summed E-state index contributed by atoms with van der Waals surface area (Å²) in [6.45, 7) is 4.68. The maximum absolute atomic E-state index is 12.4. The van der Waals surface area contributed by atoms with Crippen LogP contribution in [0, 0.1) is 0 Å². The maximum Gasteiger partial charge on any atom is 0.237 e. The van der Waals surface area contributed by atoms with Crippen molar-refractivity contribution in [2.24, 2.45) is 0 Å². The molecule has 4 nitrogen and oxygen atoms in total. The van der Waals surface area contributed by atoms with Crippen LogP contribution in [0.5, 0.6) is 0 Å². The van der Waals surface area contributed by atoms with Crippen molar-refractivity contribution < 1.29 is 9.90 Å². The predicted molar refractivity (Wildman–Crippen MR) is 79.3 cm³/mol. The molecule has 1 atom stereocenters. The first kappa shape index (κ1) is 15.0. The smallest absolute Gasteiger partial charge is 0.237 e. The SMILES string of the molecule is CCC(CC)(CO)NC(=O)[C@@H]1Cc2ccccc2CN1. The van der Waals surface area contributed by atoms with Gasteiger partial charge in [0.1, 0.15) is 0 Å². The fraction of sp³-hybridized carbons (Fsp3) is 0.562. The number of rotatable bonds is 5. The van der Waals surface area contributed by atoms with Crippen molar-refractivity contribution in [1.29, 1.82) is 0 Å². The lowest BCUT2D eigenvalue weighted by molar-refractivity contribution is -0.126. The van der Waals surface area contributed by atoms with E-state index in [9.17, 15) is 9.90 Å². The minimum absolute atomic E-state index is 0.0164. The zero-order chi connectivity index (χ0) is 14.6. The Morgan fingerprint density at radius 3 is 2.60 bits per heavy atom. The second-order valence-corrected chi connectivity index (χ2v) is 5.54. The van der Waals surface area contributed by atoms with Crippen LogP contribution in [0.25, 0.3) is 0 Å². The van der Waals surface area contributed by atoms with Gasteiger partial charge in [-0.15, -0.1) is 0 Å². The number of amides is 1. The third-order valence-electron chi connectivity index (χ3n) is 4.44. The van der Waals surface area contributed by atoms with E-state index in [0.29, 0.717) is 6.42 Å². The predicted octanol–water partition coefficient (Wildman–Crippen LogP) is 1.37. The van der Waals surface area contributed by atoms with Crippen LogP contribution in [-0.2, 0) is 17.8 Å². The van der Waals surface area contributed by atoms with Crippen LogP contribution in [-0.4, -0.2) is 29.2 Å². The van der Waals surface area contributed by atoms with Crippen molar-refractivity contribution in [3.05, 3.63) is 35.4 Å². The summed E-state index contributed by atoms with van der Waals surface area (Å²) in [4.78, 5) is 12.4. The van der Waals surface area contributed by atoms with Crippen LogP contribution in [0.1, 0.15) is 37.8 Å². The molecule has 3 N–H and O–H groups in total. The first-order valence-electron chi connectivity index (χ1n) is 7.37. The largest absolute Gasteiger partial charge is 0.394 e. The lowest BCUT2D eigenvalue weighted by atomic mass is 9.91. The Hall–Kier alpha value is -1.39. The number of carbonyl (C=O) groups excluding carboxylic acids is 1. The summed E-state index contributed by atoms with van der Waals surface area (Å²) in [6.07, 6.45) is 2.17. The van der Waals surface area contributed by atoms with Gasteiger partial charge in [0.15, 0.2) is 0 Å². The first-order chi connectivity index (χ1) is 9.64. The fourth-order valence-corrected chi connectivity index (χ4v) is 2.68. The van der Waals surface area contributed by atoms with Crippen molar-refractivity contribution >= 4 is 5.91 Å². The van der Waals surface area contributed by atoms with E-state index in [4.69, 9.17) is 0 Å². The highest BCUT2D eigenvalue weighted by molar-refractivity contribution is 5.83. The van der Waals surface area contributed by atoms with E-state index >= 15 is 0 Å². The molecule has 0 saturated heterocycles. The molecule has 4 heteroatoms. The summed E-state index contributed by atoms with van der Waals surface area (Å²) >= 11 is 0. The minimum Gasteiger partial charge on any atom is -0.394 e. The van der Waals surface area contributed by atoms with E-state index < -0.39 is 5.54 Å². The van der Waals surface area contributed by atoms with Crippen LogP contribution in [0.2, 0.25) is 0 Å². The summed E-state index contributed by atoms with van der Waals surface area (Å²) in [5, 5.41) is 15.9. The van der Waals surface area contributed by atoms with Gasteiger partial charge in [-0.25, -0.2) is 0 Å². The topological polar surface area (TPSA) is 61.4 Å². The number of aliphatic hydroxyl groups excluding tert-OH is 1. The van der Waals surface area contributed by atoms with Gasteiger partial charge in [-0.2, -0.15) is 0 Å². The van der Waals surface area contributed by atoms with Crippen molar-refractivity contribution in [1.82, 2.24) is 10.6 Å². The quantitative estimate of drug-likeness (QED) is 0.761. The molecule has 0 fully saturated rings. The first-order valence-corrected chi connectivity index (χ1v) is 7.37. The van der Waals surface area contributed by atoms with E-state index in [1.165, 1.54) is 11.1 Å². The van der Waals surface area contributed by atoms with Gasteiger partial charge >= 0.3 is 0 Å². The molecule has 1 aromatic rings. The molecule has 0 radical (unpaired) electrons. The molecule has 0 spiro atoms. The highest BCUT2D eigenvalue weighted by atomic mass is 16.3. The molecule has 0 saturated carbocycles. The monoisotopic (exact) mass is 276 g/mol. The van der Waals surface area contributed by atoms with Gasteiger partial charge in [-0.1, -0.05) is 38.1 Å². The molecule has 0 bridgehead atoms. The van der Waals surface area contributed by atoms with Gasteiger partial charge in [-0.05, 0) is 30.4 Å². The lowest BCUT2D eigenvalue weighted by Gasteiger charge is -2.34. The Kier molecular flexibility index (Phi) is 4.78. The Labute approximate surface area is 120 Å². The molecule has 0 unspecified atom stereocenters. The molecule has 20 heavy (non-hydrogen) atoms. The Balaban J connectivity index is 2.05. The molecule has 1 aliphatic heterocycles. The number of hydrogen-bond acceptors (Lipinski definition) is 3. The normalized spacial score (nSPS) is 18.4. The van der Waals surface area contributed by atoms with Crippen LogP contribution >= 0.6 is 0 Å². The Morgan fingerprint density at radius 1 is 1.35 bits per heavy atom. The van der Waals surface area contributed by atoms with E-state index in [2.05, 4.69) is 22.8 Å². The summed E-state index contributed by atoms with van der Waals surface area (Å²) in [5.74, 6) is -0.0164. The molecule has 1 heterocycles. The van der Waals surface area contributed by atoms with Crippen molar-refractivity contribution in [2.45, 2.75) is 51.2 Å². The van der Waals surface area contributed by atoms with Crippen LogP contribution in [0.4, 0.5) is 0 Å². The molecular formula is C16H24N2O2. The van der Waals surface area contributed by atoms with Crippen molar-refractivity contribution in [3.8, 4) is 0 Å². The van der Waals surface area contributed by atoms with Gasteiger partial charge in [-0.3, -0.25) is 4.79 Å². The fourth-order valence-electron chi connectivity index (χ4n) is 2.68. The number of benzene rings is 1. The van der Waals surface area contributed by atoms with Crippen molar-refractivity contribution in [3.63, 3.8) is 0 Å². The number of fused-ring (bicyclic) bond motifs is 1. The van der Waals surface area contributed by atoms with E-state index in [-0.39, 0.29) is 18.6 Å². The zero-order valence-electron chi connectivity index (χ0n) is 12.3. The van der Waals surface area contributed by atoms with Gasteiger partial charge in [0.05, 0.1) is 18.2 Å². The van der Waals surface area contributed by atoms with Gasteiger partial charge in [0, 0.05) is 6.54 Å². The Morgan fingerprint density at radius 2 is 2.00 bits per heavy atom. The molecule has 0 aliphatic carbocycles. The van der Waals surface area contributed by atoms with Crippen molar-refractivity contribution in [2.75, 3.05) is 6.61 Å². The summed E-state index contributed by atoms with van der Waals surface area (Å²) in [6, 6.07) is 7.98. The summed E-state index contributed by atoms with van der Waals surface area (Å²) in [5.41, 5.74) is 2.00. The number of hydrogen-bond donors (Lipinski definition) is 3. The summed E-state index contributed by atoms with van der Waals surface area (Å²) < 4.78 is 0. The average molecular weight is 276 g/mol. The highest BCUT2D eigenvalue weighted by Gasteiger charge is 2.31. The van der Waals surface area contributed by atoms with Gasteiger partial charge < -0.3 is 15.7 Å². The zero-order valence-corrected chi connectivity index (χ0v) is 12.3. The third kappa shape index (κ3) is 3.02. The second-order valence-electron chi connectivity index (χ2n) is 5.54. The van der Waals surface area contributed by atoms with Crippen LogP contribution < -0.4 is 10.6 Å². The molecule has 110 valence electrons. The molecular weight excluding hydrogens is 252 g/mol. The Bertz CT molecular complexity index is 461. The van der Waals surface area contributed by atoms with E-state index in [1.807, 2.05) is 26.0 Å². The number of carbonyl (C=O) groups is 1. The van der Waals surface area contributed by atoms with Gasteiger partial charge in [0.2, 0.25) is 5.91 Å². The van der Waals surface area contributed by atoms with Crippen LogP contribution in [0.3, 0.4) is 0 Å². The third-order valence-corrected chi connectivity index (χ3v) is 4.44. The lowest BCUT2D eigenvalue weighted by Crippen LogP contribution is -2.57. The number of nitrogens with one attached hydrogen (secondary N) is 2. The molecule has 1 aliphatic rings. The average Bonchev–Trinajstić information content (AvgIpc) is 2.52. The van der Waals surface area contributed by atoms with Gasteiger partial charge in [0.25, 0.3) is 0 Å². The standard InChI is InChI=1S/C16H24N2O2/c1-3-16(4-2,11-19)18-15(20)14-9-12-7-5-6-8-13(12)10-17-14/h5-8,14,17,19H,3-4,9-11H2,1-2H3,(H,18,20)/t14-/m0/s1. The van der Waals surface area contributed by atoms with E-state index in [1.54, 1.807) is 0 Å². The van der Waals surface area contributed by atoms with Crippen LogP contribution in [0.15, 0.2) is 24.3 Å². The maximum atomic E-state index is 12.4. The second kappa shape index (κ2) is 6.37.